The quantitative estimate of drug-likeness (QED) is 0.134. The highest BCUT2D eigenvalue weighted by atomic mass is 79.9. The monoisotopic (exact) mass is 835 g/mol. The number of fused-ring (bicyclic) bond motifs is 2. The Balaban J connectivity index is 1.15. The van der Waals surface area contributed by atoms with E-state index in [2.05, 4.69) is 58.4 Å². The molecule has 11 nitrogen and oxygen atoms in total. The Labute approximate surface area is 336 Å². The number of methoxy groups -OCH3 is 1. The van der Waals surface area contributed by atoms with Gasteiger partial charge in [-0.05, 0) is 65.6 Å². The van der Waals surface area contributed by atoms with Crippen LogP contribution in [0, 0.1) is 5.92 Å². The van der Waals surface area contributed by atoms with Gasteiger partial charge in [0.25, 0.3) is 5.91 Å². The van der Waals surface area contributed by atoms with Gasteiger partial charge < -0.3 is 24.2 Å². The fourth-order valence-corrected chi connectivity index (χ4v) is 13.7. The van der Waals surface area contributed by atoms with Crippen LogP contribution in [0.4, 0.5) is 16.2 Å². The summed E-state index contributed by atoms with van der Waals surface area (Å²) in [6.45, 7) is 8.52. The van der Waals surface area contributed by atoms with Crippen molar-refractivity contribution in [2.75, 3.05) is 36.7 Å². The van der Waals surface area contributed by atoms with Crippen molar-refractivity contribution in [3.63, 3.8) is 0 Å². The minimum Gasteiger partial charge on any atom is -0.497 e. The molecule has 290 valence electrons. The Morgan fingerprint density at radius 3 is 2.52 bits per heavy atom. The number of aliphatic hydroxyl groups excluding tert-OH is 1. The summed E-state index contributed by atoms with van der Waals surface area (Å²) in [5, 5.41) is 20.5. The highest BCUT2D eigenvalue weighted by Gasteiger charge is 2.66. The van der Waals surface area contributed by atoms with E-state index in [1.54, 1.807) is 12.0 Å². The Morgan fingerprint density at radius 1 is 1.02 bits per heavy atom. The van der Waals surface area contributed by atoms with E-state index in [1.807, 2.05) is 101 Å². The summed E-state index contributed by atoms with van der Waals surface area (Å²) in [5.41, 5.74) is 3.79. The fourth-order valence-electron chi connectivity index (χ4n) is 9.24. The minimum absolute atomic E-state index is 0.0358. The Bertz CT molecular complexity index is 2240. The van der Waals surface area contributed by atoms with Gasteiger partial charge in [0.2, 0.25) is 0 Å². The van der Waals surface area contributed by atoms with Crippen molar-refractivity contribution >= 4 is 52.6 Å². The van der Waals surface area contributed by atoms with Crippen LogP contribution in [0.25, 0.3) is 0 Å². The number of nitrogens with zero attached hydrogens (tertiary/aromatic N) is 5. The lowest BCUT2D eigenvalue weighted by Crippen LogP contribution is -2.51. The number of cyclic esters (lactones) is 1. The number of amides is 2. The standard InChI is InChI=1S/C43H46BrN5O6Si/c1-28-40(56(3,4)34-16-14-33(53-2)15-17-34)39(19-20-47-26-37(45-46-47)35(27-50)30-10-6-5-7-11-30)55-43(28)36-24-31(44)13-18-38(36)49(41(43)51)25-29-9-8-12-32(23-29)48-21-22-54-42(48)52/h5-18,23-24,26,28,35,39-40,50H,19-22,25,27H2,1-4H3/t28-,35?,39+,40-,43+/m0/s1. The van der Waals surface area contributed by atoms with Crippen LogP contribution in [0.5, 0.6) is 5.75 Å². The summed E-state index contributed by atoms with van der Waals surface area (Å²) >= 11 is 3.72. The zero-order chi connectivity index (χ0) is 39.2. The molecule has 3 aliphatic heterocycles. The van der Waals surface area contributed by atoms with Gasteiger partial charge >= 0.3 is 6.09 Å². The van der Waals surface area contributed by atoms with Crippen LogP contribution >= 0.6 is 15.9 Å². The highest BCUT2D eigenvalue weighted by Crippen LogP contribution is 2.60. The second kappa shape index (κ2) is 15.3. The Hall–Kier alpha value is -4.82. The minimum atomic E-state index is -2.38. The summed E-state index contributed by atoms with van der Waals surface area (Å²) in [6.07, 6.45) is 1.86. The van der Waals surface area contributed by atoms with E-state index in [9.17, 15) is 9.90 Å². The lowest BCUT2D eigenvalue weighted by molar-refractivity contribution is -0.146. The number of carbonyl (C=O) groups is 2. The van der Waals surface area contributed by atoms with Gasteiger partial charge in [-0.15, -0.1) is 5.10 Å². The first-order valence-electron chi connectivity index (χ1n) is 19.1. The van der Waals surface area contributed by atoms with Crippen molar-refractivity contribution in [2.24, 2.45) is 5.92 Å². The number of aryl methyl sites for hydroxylation is 1. The molecule has 1 spiro atoms. The molecule has 1 unspecified atom stereocenters. The normalized spacial score (nSPS) is 22.5. The third-order valence-electron chi connectivity index (χ3n) is 12.1. The Morgan fingerprint density at radius 2 is 1.80 bits per heavy atom. The molecule has 0 saturated carbocycles. The van der Waals surface area contributed by atoms with Crippen molar-refractivity contribution in [1.82, 2.24) is 15.0 Å². The molecular weight excluding hydrogens is 790 g/mol. The van der Waals surface area contributed by atoms with Crippen molar-refractivity contribution in [3.05, 3.63) is 130 Å². The van der Waals surface area contributed by atoms with Crippen molar-refractivity contribution < 1.29 is 28.9 Å². The van der Waals surface area contributed by atoms with Gasteiger partial charge in [-0.2, -0.15) is 0 Å². The molecule has 2 saturated heterocycles. The summed E-state index contributed by atoms with van der Waals surface area (Å²) < 4.78 is 20.8. The van der Waals surface area contributed by atoms with Gasteiger partial charge in [-0.1, -0.05) is 101 Å². The first kappa shape index (κ1) is 38.1. The molecule has 0 radical (unpaired) electrons. The van der Waals surface area contributed by atoms with Gasteiger partial charge in [0.15, 0.2) is 5.60 Å². The van der Waals surface area contributed by atoms with Crippen LogP contribution in [-0.2, 0) is 33.0 Å². The largest absolute Gasteiger partial charge is 0.497 e. The van der Waals surface area contributed by atoms with Crippen LogP contribution in [0.2, 0.25) is 18.6 Å². The molecule has 5 aromatic rings. The zero-order valence-electron chi connectivity index (χ0n) is 32.0. The molecule has 2 amide bonds. The zero-order valence-corrected chi connectivity index (χ0v) is 34.6. The Kier molecular flexibility index (Phi) is 10.4. The van der Waals surface area contributed by atoms with Crippen LogP contribution < -0.4 is 19.7 Å². The van der Waals surface area contributed by atoms with E-state index in [4.69, 9.17) is 14.2 Å². The van der Waals surface area contributed by atoms with E-state index in [-0.39, 0.29) is 42.1 Å². The fraction of sp³-hybridized carbons (Fsp3) is 0.349. The van der Waals surface area contributed by atoms with Gasteiger partial charge in [0.1, 0.15) is 12.4 Å². The van der Waals surface area contributed by atoms with E-state index < -0.39 is 13.7 Å². The molecule has 4 aromatic carbocycles. The average molecular weight is 837 g/mol. The third-order valence-corrected chi connectivity index (χ3v) is 16.9. The number of rotatable bonds is 12. The summed E-state index contributed by atoms with van der Waals surface area (Å²) in [5.74, 6) is 0.238. The molecular formula is C43H46BrN5O6Si. The SMILES string of the molecule is COc1ccc([Si](C)(C)[C@@H]2[C@@H](CCn3cc(C(CO)c4ccccc4)nn3)O[C@]3(C(=O)N(Cc4cccc(N5CCOC5=O)c4)c4ccc(Br)cc43)[C@H]2C)cc1. The van der Waals surface area contributed by atoms with E-state index in [0.717, 1.165) is 38.3 Å². The van der Waals surface area contributed by atoms with Crippen LogP contribution in [-0.4, -0.2) is 73.1 Å². The molecule has 56 heavy (non-hydrogen) atoms. The molecule has 3 aliphatic rings. The predicted octanol–water partition coefficient (Wildman–Crippen LogP) is 6.98. The number of anilines is 2. The van der Waals surface area contributed by atoms with Crippen LogP contribution in [0.3, 0.4) is 0 Å². The molecule has 13 heteroatoms. The summed E-state index contributed by atoms with van der Waals surface area (Å²) in [4.78, 5) is 31.2. The third kappa shape index (κ3) is 6.63. The van der Waals surface area contributed by atoms with Gasteiger partial charge in [-0.25, -0.2) is 4.79 Å². The molecule has 1 N–H and O–H groups in total. The number of halogens is 1. The van der Waals surface area contributed by atoms with E-state index in [0.29, 0.717) is 38.4 Å². The maximum atomic E-state index is 15.3. The molecule has 5 atom stereocenters. The number of aromatic nitrogens is 3. The van der Waals surface area contributed by atoms with Crippen LogP contribution in [0.15, 0.2) is 108 Å². The lowest BCUT2D eigenvalue weighted by Gasteiger charge is -2.37. The number of aliphatic hydroxyl groups is 1. The predicted molar refractivity (Wildman–Crippen MR) is 220 cm³/mol. The lowest BCUT2D eigenvalue weighted by atomic mass is 9.82. The number of benzene rings is 4. The highest BCUT2D eigenvalue weighted by molar-refractivity contribution is 9.10. The smallest absolute Gasteiger partial charge is 0.414 e. The first-order chi connectivity index (χ1) is 27.0. The maximum Gasteiger partial charge on any atom is 0.414 e. The van der Waals surface area contributed by atoms with Crippen molar-refractivity contribution in [3.8, 4) is 5.75 Å². The molecule has 0 bridgehead atoms. The van der Waals surface area contributed by atoms with Gasteiger partial charge in [0, 0.05) is 34.4 Å². The molecule has 0 aliphatic carbocycles. The second-order valence-electron chi connectivity index (χ2n) is 15.5. The van der Waals surface area contributed by atoms with E-state index >= 15 is 4.79 Å². The number of hydrogen-bond acceptors (Lipinski definition) is 8. The topological polar surface area (TPSA) is 119 Å². The van der Waals surface area contributed by atoms with Crippen molar-refractivity contribution in [1.29, 1.82) is 0 Å². The summed E-state index contributed by atoms with van der Waals surface area (Å²) in [7, 11) is -0.710. The van der Waals surface area contributed by atoms with Crippen molar-refractivity contribution in [2.45, 2.75) is 62.7 Å². The molecule has 1 aromatic heterocycles. The summed E-state index contributed by atoms with van der Waals surface area (Å²) in [6, 6.07) is 32.0. The second-order valence-corrected chi connectivity index (χ2v) is 21.1. The molecule has 2 fully saturated rings. The molecule has 4 heterocycles. The number of carbonyl (C=O) groups excluding carboxylic acids is 2. The maximum absolute atomic E-state index is 15.3. The molecule has 8 rings (SSSR count). The average Bonchev–Trinajstić information content (AvgIpc) is 3.98. The number of hydrogen-bond donors (Lipinski definition) is 1. The van der Waals surface area contributed by atoms with E-state index in [1.165, 1.54) is 5.19 Å². The number of ether oxygens (including phenoxy) is 3. The first-order valence-corrected chi connectivity index (χ1v) is 23.0. The van der Waals surface area contributed by atoms with Crippen LogP contribution in [0.1, 0.15) is 41.6 Å². The van der Waals surface area contributed by atoms with Gasteiger partial charge in [-0.3, -0.25) is 14.4 Å². The van der Waals surface area contributed by atoms with Gasteiger partial charge in [0.05, 0.1) is 58.3 Å².